The van der Waals surface area contributed by atoms with E-state index in [9.17, 15) is 10.1 Å². The van der Waals surface area contributed by atoms with Crippen molar-refractivity contribution in [2.45, 2.75) is 27.4 Å². The molecular formula is C26H23ClN2O2. The second-order valence-corrected chi connectivity index (χ2v) is 7.87. The lowest BCUT2D eigenvalue weighted by Crippen LogP contribution is -2.14. The average Bonchev–Trinajstić information content (AvgIpc) is 2.73. The van der Waals surface area contributed by atoms with E-state index in [0.29, 0.717) is 23.1 Å². The van der Waals surface area contributed by atoms with Crippen LogP contribution >= 0.6 is 11.6 Å². The summed E-state index contributed by atoms with van der Waals surface area (Å²) in [4.78, 5) is 12.5. The highest BCUT2D eigenvalue weighted by Gasteiger charge is 2.11. The molecule has 0 unspecified atom stereocenters. The van der Waals surface area contributed by atoms with E-state index in [2.05, 4.69) is 37.4 Å². The van der Waals surface area contributed by atoms with Gasteiger partial charge in [-0.2, -0.15) is 5.26 Å². The summed E-state index contributed by atoms with van der Waals surface area (Å²) in [6, 6.07) is 20.8. The standard InChI is InChI=1S/C26H23ClN2O2/c1-17-10-18(2)12-21(11-17)16-31-24-8-5-20(6-9-24)13-22(15-28)26(30)29-25-14-23(27)7-4-19(25)3/h4-14H,16H2,1-3H3,(H,29,30)/b22-13+. The maximum atomic E-state index is 12.5. The highest BCUT2D eigenvalue weighted by molar-refractivity contribution is 6.31. The molecule has 5 heteroatoms. The summed E-state index contributed by atoms with van der Waals surface area (Å²) in [5, 5.41) is 12.7. The fourth-order valence-corrected chi connectivity index (χ4v) is 3.39. The molecule has 1 N–H and O–H groups in total. The van der Waals surface area contributed by atoms with Crippen LogP contribution in [-0.2, 0) is 11.4 Å². The number of nitrogens with one attached hydrogen (secondary N) is 1. The summed E-state index contributed by atoms with van der Waals surface area (Å²) in [6.45, 7) is 6.46. The SMILES string of the molecule is Cc1cc(C)cc(COc2ccc(/C=C(\C#N)C(=O)Nc3cc(Cl)ccc3C)cc2)c1. The van der Waals surface area contributed by atoms with E-state index in [0.717, 1.165) is 16.7 Å². The lowest BCUT2D eigenvalue weighted by Gasteiger charge is -2.09. The van der Waals surface area contributed by atoms with Crippen LogP contribution in [0.15, 0.2) is 66.2 Å². The van der Waals surface area contributed by atoms with E-state index in [-0.39, 0.29) is 5.57 Å². The number of aryl methyl sites for hydroxylation is 3. The van der Waals surface area contributed by atoms with Crippen LogP contribution in [0.4, 0.5) is 5.69 Å². The quantitative estimate of drug-likeness (QED) is 0.364. The predicted octanol–water partition coefficient (Wildman–Crippen LogP) is 6.39. The molecule has 3 rings (SSSR count). The summed E-state index contributed by atoms with van der Waals surface area (Å²) in [7, 11) is 0. The Labute approximate surface area is 187 Å². The van der Waals surface area contributed by atoms with Crippen LogP contribution in [0.2, 0.25) is 5.02 Å². The molecule has 1 amide bonds. The first kappa shape index (κ1) is 22.1. The molecule has 0 atom stereocenters. The van der Waals surface area contributed by atoms with Crippen LogP contribution in [0.5, 0.6) is 5.75 Å². The monoisotopic (exact) mass is 430 g/mol. The van der Waals surface area contributed by atoms with E-state index >= 15 is 0 Å². The molecule has 156 valence electrons. The summed E-state index contributed by atoms with van der Waals surface area (Å²) in [6.07, 6.45) is 1.54. The van der Waals surface area contributed by atoms with Gasteiger partial charge in [0.05, 0.1) is 0 Å². The number of ether oxygens (including phenoxy) is 1. The summed E-state index contributed by atoms with van der Waals surface area (Å²) in [5.41, 5.74) is 5.69. The molecule has 0 heterocycles. The molecule has 0 bridgehead atoms. The van der Waals surface area contributed by atoms with Gasteiger partial charge >= 0.3 is 0 Å². The molecule has 0 saturated heterocycles. The highest BCUT2D eigenvalue weighted by atomic mass is 35.5. The Morgan fingerprint density at radius 1 is 1.03 bits per heavy atom. The van der Waals surface area contributed by atoms with Crippen LogP contribution in [0, 0.1) is 32.1 Å². The Bertz CT molecular complexity index is 1150. The van der Waals surface area contributed by atoms with Crippen LogP contribution in [0.3, 0.4) is 0 Å². The minimum absolute atomic E-state index is 0.00304. The largest absolute Gasteiger partial charge is 0.489 e. The average molecular weight is 431 g/mol. The topological polar surface area (TPSA) is 62.1 Å². The van der Waals surface area contributed by atoms with Crippen molar-refractivity contribution in [2.24, 2.45) is 0 Å². The van der Waals surface area contributed by atoms with Gasteiger partial charge in [-0.1, -0.05) is 59.1 Å². The predicted molar refractivity (Wildman–Crippen MR) is 125 cm³/mol. The molecule has 0 aliphatic carbocycles. The molecule has 3 aromatic rings. The van der Waals surface area contributed by atoms with E-state index in [4.69, 9.17) is 16.3 Å². The Morgan fingerprint density at radius 3 is 2.35 bits per heavy atom. The Kier molecular flexibility index (Phi) is 7.12. The van der Waals surface area contributed by atoms with Gasteiger partial charge in [0, 0.05) is 10.7 Å². The minimum Gasteiger partial charge on any atom is -0.489 e. The molecule has 0 aliphatic heterocycles. The van der Waals surface area contributed by atoms with Crippen LogP contribution in [-0.4, -0.2) is 5.91 Å². The zero-order valence-corrected chi connectivity index (χ0v) is 18.5. The molecule has 0 fully saturated rings. The summed E-state index contributed by atoms with van der Waals surface area (Å²) < 4.78 is 5.86. The van der Waals surface area contributed by atoms with Gasteiger partial charge in [-0.05, 0) is 67.8 Å². The zero-order chi connectivity index (χ0) is 22.4. The number of hydrogen-bond donors (Lipinski definition) is 1. The van der Waals surface area contributed by atoms with Crippen molar-refractivity contribution in [1.29, 1.82) is 5.26 Å². The summed E-state index contributed by atoms with van der Waals surface area (Å²) in [5.74, 6) is 0.233. The number of nitrogens with zero attached hydrogens (tertiary/aromatic N) is 1. The van der Waals surface area contributed by atoms with Crippen molar-refractivity contribution in [1.82, 2.24) is 0 Å². The number of nitriles is 1. The molecule has 3 aromatic carbocycles. The molecule has 4 nitrogen and oxygen atoms in total. The van der Waals surface area contributed by atoms with Gasteiger partial charge in [0.25, 0.3) is 5.91 Å². The molecule has 0 saturated carbocycles. The van der Waals surface area contributed by atoms with Gasteiger partial charge in [0.1, 0.15) is 24.0 Å². The van der Waals surface area contributed by atoms with E-state index < -0.39 is 5.91 Å². The molecule has 0 aliphatic rings. The van der Waals surface area contributed by atoms with Crippen molar-refractivity contribution in [2.75, 3.05) is 5.32 Å². The number of benzene rings is 3. The first-order chi connectivity index (χ1) is 14.8. The molecule has 0 spiro atoms. The van der Waals surface area contributed by atoms with Crippen molar-refractivity contribution < 1.29 is 9.53 Å². The third-order valence-electron chi connectivity index (χ3n) is 4.69. The highest BCUT2D eigenvalue weighted by Crippen LogP contribution is 2.22. The van der Waals surface area contributed by atoms with Crippen molar-refractivity contribution in [3.8, 4) is 11.8 Å². The number of hydrogen-bond acceptors (Lipinski definition) is 3. The Hall–Kier alpha value is -3.55. The lowest BCUT2D eigenvalue weighted by atomic mass is 10.1. The minimum atomic E-state index is -0.483. The second-order valence-electron chi connectivity index (χ2n) is 7.44. The van der Waals surface area contributed by atoms with E-state index in [1.54, 1.807) is 18.2 Å². The third-order valence-corrected chi connectivity index (χ3v) is 4.93. The number of halogens is 1. The molecule has 0 radical (unpaired) electrons. The van der Waals surface area contributed by atoms with Crippen molar-refractivity contribution >= 4 is 29.3 Å². The lowest BCUT2D eigenvalue weighted by molar-refractivity contribution is -0.112. The maximum absolute atomic E-state index is 12.5. The summed E-state index contributed by atoms with van der Waals surface area (Å²) >= 11 is 6.00. The van der Waals surface area contributed by atoms with Gasteiger partial charge in [-0.3, -0.25) is 4.79 Å². The number of carbonyl (C=O) groups excluding carboxylic acids is 1. The smallest absolute Gasteiger partial charge is 0.266 e. The van der Waals surface area contributed by atoms with Gasteiger partial charge in [0.15, 0.2) is 0 Å². The fraction of sp³-hybridized carbons (Fsp3) is 0.154. The maximum Gasteiger partial charge on any atom is 0.266 e. The van der Waals surface area contributed by atoms with Crippen molar-refractivity contribution in [3.63, 3.8) is 0 Å². The first-order valence-electron chi connectivity index (χ1n) is 9.83. The number of amides is 1. The van der Waals surface area contributed by atoms with E-state index in [1.807, 2.05) is 43.3 Å². The number of carbonyl (C=O) groups is 1. The van der Waals surface area contributed by atoms with Crippen LogP contribution in [0.1, 0.15) is 27.8 Å². The first-order valence-corrected chi connectivity index (χ1v) is 10.2. The van der Waals surface area contributed by atoms with Gasteiger partial charge in [-0.15, -0.1) is 0 Å². The van der Waals surface area contributed by atoms with Gasteiger partial charge in [0.2, 0.25) is 0 Å². The Balaban J connectivity index is 1.68. The van der Waals surface area contributed by atoms with Crippen LogP contribution in [0.25, 0.3) is 6.08 Å². The normalized spacial score (nSPS) is 11.0. The van der Waals surface area contributed by atoms with Crippen molar-refractivity contribution in [3.05, 3.63) is 99.1 Å². The second kappa shape index (κ2) is 9.97. The van der Waals surface area contributed by atoms with Gasteiger partial charge in [-0.25, -0.2) is 0 Å². The Morgan fingerprint density at radius 2 is 1.71 bits per heavy atom. The van der Waals surface area contributed by atoms with Crippen LogP contribution < -0.4 is 10.1 Å². The molecular weight excluding hydrogens is 408 g/mol. The molecule has 0 aromatic heterocycles. The zero-order valence-electron chi connectivity index (χ0n) is 17.7. The van der Waals surface area contributed by atoms with E-state index in [1.165, 1.54) is 11.1 Å². The number of anilines is 1. The fourth-order valence-electron chi connectivity index (χ4n) is 3.21. The number of rotatable bonds is 6. The van der Waals surface area contributed by atoms with Gasteiger partial charge < -0.3 is 10.1 Å². The molecule has 31 heavy (non-hydrogen) atoms. The third kappa shape index (κ3) is 6.21.